The summed E-state index contributed by atoms with van der Waals surface area (Å²) >= 11 is 0. The van der Waals surface area contributed by atoms with E-state index in [4.69, 9.17) is 9.47 Å². The number of nitrogens with zero attached hydrogens (tertiary/aromatic N) is 2. The second-order valence-corrected chi connectivity index (χ2v) is 20.7. The van der Waals surface area contributed by atoms with E-state index < -0.39 is 38.2 Å². The van der Waals surface area contributed by atoms with Crippen LogP contribution in [0.3, 0.4) is 0 Å². The fraction of sp³-hybridized carbons (Fsp3) is 0.208. The molecule has 5 aromatic carbocycles. The third-order valence-corrected chi connectivity index (χ3v) is 13.4. The van der Waals surface area contributed by atoms with E-state index in [1.807, 2.05) is 120 Å². The largest absolute Gasteiger partial charge is 0.477 e. The van der Waals surface area contributed by atoms with Crippen LogP contribution in [0.25, 0.3) is 22.3 Å². The molecule has 0 bridgehead atoms. The number of benzene rings is 5. The van der Waals surface area contributed by atoms with Crippen LogP contribution in [0.2, 0.25) is 0 Å². The molecule has 2 heterocycles. The van der Waals surface area contributed by atoms with Gasteiger partial charge < -0.3 is 20.1 Å². The van der Waals surface area contributed by atoms with Gasteiger partial charge in [0.05, 0.1) is 30.5 Å². The van der Waals surface area contributed by atoms with Crippen LogP contribution in [0, 0.1) is 0 Å². The van der Waals surface area contributed by atoms with E-state index in [1.165, 1.54) is 0 Å². The van der Waals surface area contributed by atoms with Crippen molar-refractivity contribution in [1.29, 1.82) is 0 Å². The first-order valence-electron chi connectivity index (χ1n) is 22.5. The number of aryl methyl sites for hydroxylation is 1. The van der Waals surface area contributed by atoms with Gasteiger partial charge in [0, 0.05) is 48.0 Å². The minimum Gasteiger partial charge on any atom is -0.477 e. The number of aromatic nitrogens is 2. The highest BCUT2D eigenvalue weighted by molar-refractivity contribution is 7.89. The van der Waals surface area contributed by atoms with Crippen LogP contribution in [0.5, 0.6) is 11.8 Å². The van der Waals surface area contributed by atoms with Crippen molar-refractivity contribution in [2.24, 2.45) is 0 Å². The molecule has 4 N–H and O–H groups in total. The molecule has 2 unspecified atom stereocenters. The third-order valence-electron chi connectivity index (χ3n) is 12.3. The van der Waals surface area contributed by atoms with Crippen LogP contribution in [0.1, 0.15) is 69.4 Å². The number of amides is 4. The molecule has 0 fully saturated rings. The zero-order chi connectivity index (χ0) is 48.1. The number of hydrogen-bond donors (Lipinski definition) is 4. The van der Waals surface area contributed by atoms with Crippen molar-refractivity contribution in [3.8, 4) is 34.0 Å². The molecule has 69 heavy (non-hydrogen) atoms. The Kier molecular flexibility index (Phi) is 13.5. The summed E-state index contributed by atoms with van der Waals surface area (Å²) in [7, 11) is -7.66. The van der Waals surface area contributed by atoms with Gasteiger partial charge in [0.1, 0.15) is 0 Å². The van der Waals surface area contributed by atoms with Gasteiger partial charge in [0.2, 0.25) is 31.8 Å². The number of urea groups is 2. The minimum atomic E-state index is -3.86. The standard InChI is InChI=1S/C53H50N6O8S2/c1-68(62,63)58-52(60)56-49-42-18-10-15-35(42)19-20-43(49)39-26-29-55-48(33-39)67-51(36-13-7-4-8-14-36)40-17-9-16-37(31-40)41-21-24-46-45(41)23-22-44(50(46)57-53(61)59-69(2,64)65)38-25-28-54-47(32-38)66-30-27-34-11-5-3-6-12-34/h3-9,11-14,16-17,19-20,22-23,25-26,28-29,31-33,41,51H,10,15,18,21,24,27,30H2,1-2H3,(H2,56,58,60)(H2,57,59,61). The monoisotopic (exact) mass is 962 g/mol. The zero-order valence-electron chi connectivity index (χ0n) is 37.9. The SMILES string of the molecule is CS(=O)(=O)NC(=O)Nc1c(-c2ccnc(OC(c3ccccc3)c3cccc(C4CCc5c4ccc(-c4ccnc(OCCc6ccccc6)c4)c5NC(=O)NS(C)(=O)=O)c3)c2)ccc2c1CCC2. The molecule has 0 saturated heterocycles. The lowest BCUT2D eigenvalue weighted by Gasteiger charge is -2.22. The van der Waals surface area contributed by atoms with Crippen LogP contribution < -0.4 is 29.6 Å². The molecule has 2 aliphatic carbocycles. The smallest absolute Gasteiger partial charge is 0.332 e. The van der Waals surface area contributed by atoms with E-state index in [0.29, 0.717) is 60.1 Å². The lowest BCUT2D eigenvalue weighted by molar-refractivity contribution is 0.237. The third kappa shape index (κ3) is 11.3. The second kappa shape index (κ2) is 20.0. The topological polar surface area (TPSA) is 195 Å². The van der Waals surface area contributed by atoms with Crippen molar-refractivity contribution in [2.45, 2.75) is 50.5 Å². The van der Waals surface area contributed by atoms with Gasteiger partial charge >= 0.3 is 12.1 Å². The Morgan fingerprint density at radius 1 is 0.638 bits per heavy atom. The highest BCUT2D eigenvalue weighted by Gasteiger charge is 2.30. The van der Waals surface area contributed by atoms with Crippen LogP contribution in [-0.4, -0.2) is 58.0 Å². The molecule has 16 heteroatoms. The molecule has 4 amide bonds. The number of nitrogens with one attached hydrogen (secondary N) is 4. The fourth-order valence-corrected chi connectivity index (χ4v) is 10.1. The Morgan fingerprint density at radius 2 is 1.25 bits per heavy atom. The molecule has 352 valence electrons. The van der Waals surface area contributed by atoms with Gasteiger partial charge in [-0.05, 0) is 99.9 Å². The van der Waals surface area contributed by atoms with E-state index >= 15 is 0 Å². The summed E-state index contributed by atoms with van der Waals surface area (Å²) in [6, 6.07) is 41.6. The minimum absolute atomic E-state index is 0.0784. The summed E-state index contributed by atoms with van der Waals surface area (Å²) < 4.78 is 65.2. The van der Waals surface area contributed by atoms with E-state index in [0.717, 1.165) is 87.4 Å². The first kappa shape index (κ1) is 46.5. The number of hydrogen-bond acceptors (Lipinski definition) is 10. The number of carbonyl (C=O) groups excluding carboxylic acids is 2. The predicted octanol–water partition coefficient (Wildman–Crippen LogP) is 9.33. The predicted molar refractivity (Wildman–Crippen MR) is 267 cm³/mol. The highest BCUT2D eigenvalue weighted by Crippen LogP contribution is 2.46. The molecule has 0 radical (unpaired) electrons. The summed E-state index contributed by atoms with van der Waals surface area (Å²) in [5.74, 6) is 0.676. The van der Waals surface area contributed by atoms with Crippen LogP contribution in [-0.2, 0) is 45.7 Å². The van der Waals surface area contributed by atoms with Crippen molar-refractivity contribution in [1.82, 2.24) is 19.4 Å². The van der Waals surface area contributed by atoms with Gasteiger partial charge in [-0.25, -0.2) is 45.8 Å². The quantitative estimate of drug-likeness (QED) is 0.0769. The van der Waals surface area contributed by atoms with Gasteiger partial charge in [0.15, 0.2) is 6.10 Å². The van der Waals surface area contributed by atoms with Gasteiger partial charge in [-0.1, -0.05) is 109 Å². The number of carbonyl (C=O) groups is 2. The average molecular weight is 963 g/mol. The van der Waals surface area contributed by atoms with Crippen molar-refractivity contribution >= 4 is 43.5 Å². The first-order valence-corrected chi connectivity index (χ1v) is 26.3. The van der Waals surface area contributed by atoms with Crippen molar-refractivity contribution < 1.29 is 35.9 Å². The Labute approximate surface area is 401 Å². The number of anilines is 2. The Hall–Kier alpha value is -7.56. The molecular formula is C53H50N6O8S2. The van der Waals surface area contributed by atoms with Crippen molar-refractivity contribution in [3.63, 3.8) is 0 Å². The number of pyridine rings is 2. The van der Waals surface area contributed by atoms with E-state index in [2.05, 4.69) is 43.5 Å². The molecular weight excluding hydrogens is 913 g/mol. The maximum Gasteiger partial charge on any atom is 0.332 e. The summed E-state index contributed by atoms with van der Waals surface area (Å²) in [5, 5.41) is 5.70. The lowest BCUT2D eigenvalue weighted by Crippen LogP contribution is -2.33. The number of fused-ring (bicyclic) bond motifs is 2. The number of sulfonamides is 2. The normalized spacial score (nSPS) is 14.5. The van der Waals surface area contributed by atoms with Gasteiger partial charge in [-0.15, -0.1) is 0 Å². The van der Waals surface area contributed by atoms with E-state index in [1.54, 1.807) is 12.4 Å². The maximum atomic E-state index is 13.3. The molecule has 0 spiro atoms. The van der Waals surface area contributed by atoms with Gasteiger partial charge in [-0.3, -0.25) is 0 Å². The molecule has 2 atom stereocenters. The van der Waals surface area contributed by atoms with Crippen molar-refractivity contribution in [2.75, 3.05) is 29.8 Å². The summed E-state index contributed by atoms with van der Waals surface area (Å²) in [5.41, 5.74) is 11.8. The Morgan fingerprint density at radius 3 is 1.93 bits per heavy atom. The highest BCUT2D eigenvalue weighted by atomic mass is 32.2. The molecule has 9 rings (SSSR count). The zero-order valence-corrected chi connectivity index (χ0v) is 39.6. The molecule has 7 aromatic rings. The molecule has 0 aliphatic heterocycles. The summed E-state index contributed by atoms with van der Waals surface area (Å²) in [6.07, 6.45) is 9.09. The summed E-state index contributed by atoms with van der Waals surface area (Å²) in [6.45, 7) is 0.414. The average Bonchev–Trinajstić information content (AvgIpc) is 3.99. The van der Waals surface area contributed by atoms with Gasteiger partial charge in [0.25, 0.3) is 0 Å². The maximum absolute atomic E-state index is 13.3. The Balaban J connectivity index is 1.03. The van der Waals surface area contributed by atoms with Crippen molar-refractivity contribution in [3.05, 3.63) is 190 Å². The fourth-order valence-electron chi connectivity index (χ4n) is 9.33. The second-order valence-electron chi connectivity index (χ2n) is 17.2. The van der Waals surface area contributed by atoms with Gasteiger partial charge in [-0.2, -0.15) is 0 Å². The van der Waals surface area contributed by atoms with Crippen LogP contribution in [0.4, 0.5) is 21.0 Å². The first-order chi connectivity index (χ1) is 33.2. The Bertz CT molecular complexity index is 3280. The number of rotatable bonds is 15. The van der Waals surface area contributed by atoms with Crippen LogP contribution >= 0.6 is 0 Å². The number of ether oxygens (including phenoxy) is 2. The van der Waals surface area contributed by atoms with E-state index in [-0.39, 0.29) is 5.92 Å². The molecule has 2 aromatic heterocycles. The van der Waals surface area contributed by atoms with E-state index in [9.17, 15) is 26.4 Å². The molecule has 14 nitrogen and oxygen atoms in total. The molecule has 0 saturated carbocycles. The lowest BCUT2D eigenvalue weighted by atomic mass is 9.89. The van der Waals surface area contributed by atoms with Crippen LogP contribution in [0.15, 0.2) is 146 Å². The summed E-state index contributed by atoms with van der Waals surface area (Å²) in [4.78, 5) is 35.2. The molecule has 2 aliphatic rings.